The molecule has 1 unspecified atom stereocenters. The molecule has 0 aliphatic carbocycles. The van der Waals surface area contributed by atoms with E-state index in [0.29, 0.717) is 18.0 Å². The van der Waals surface area contributed by atoms with Crippen LogP contribution in [0.1, 0.15) is 47.4 Å². The second-order valence-electron chi connectivity index (χ2n) is 7.68. The normalized spacial score (nSPS) is 11.7. The Hall–Kier alpha value is -3.34. The summed E-state index contributed by atoms with van der Waals surface area (Å²) in [5.74, 6) is 2.25. The molecule has 0 fully saturated rings. The molecule has 0 bridgehead atoms. The highest BCUT2D eigenvalue weighted by atomic mass is 16.5. The summed E-state index contributed by atoms with van der Waals surface area (Å²) in [6.45, 7) is 6.71. The number of anilines is 1. The summed E-state index contributed by atoms with van der Waals surface area (Å²) in [6.07, 6.45) is 2.21. The lowest BCUT2D eigenvalue weighted by Crippen LogP contribution is -2.24. The number of carbonyl (C=O) groups is 1. The number of aryl methyl sites for hydroxylation is 1. The molecule has 3 aromatic rings. The van der Waals surface area contributed by atoms with Crippen molar-refractivity contribution in [1.82, 2.24) is 10.3 Å². The Bertz CT molecular complexity index is 1000. The van der Waals surface area contributed by atoms with Crippen molar-refractivity contribution in [2.75, 3.05) is 5.73 Å². The van der Waals surface area contributed by atoms with Gasteiger partial charge in [-0.15, -0.1) is 0 Å². The number of nitrogens with one attached hydrogen (secondary N) is 1. The molecule has 0 saturated heterocycles. The Labute approximate surface area is 178 Å². The lowest BCUT2D eigenvalue weighted by molar-refractivity contribution is 0.0951. The standard InChI is InChI=1S/C25H29N3O2/c1-4-17(2)14-20-6-5-7-22(15-20)30-21-11-9-19(10-12-21)16-27-25(29)23-13-8-18(3)28-24(23)26/h5-13,15,17H,4,14,16H2,1-3H3,(H2,26,28)(H,27,29). The molecule has 0 spiro atoms. The maximum Gasteiger partial charge on any atom is 0.255 e. The number of nitrogens with zero attached hydrogens (tertiary/aromatic N) is 1. The van der Waals surface area contributed by atoms with E-state index in [1.807, 2.05) is 43.3 Å². The van der Waals surface area contributed by atoms with Crippen molar-refractivity contribution in [3.8, 4) is 11.5 Å². The number of hydrogen-bond acceptors (Lipinski definition) is 4. The zero-order chi connectivity index (χ0) is 21.5. The quantitative estimate of drug-likeness (QED) is 0.536. The van der Waals surface area contributed by atoms with Crippen LogP contribution in [0.5, 0.6) is 11.5 Å². The highest BCUT2D eigenvalue weighted by molar-refractivity contribution is 5.98. The van der Waals surface area contributed by atoms with Gasteiger partial charge in [-0.05, 0) is 66.8 Å². The largest absolute Gasteiger partial charge is 0.457 e. The highest BCUT2D eigenvalue weighted by Crippen LogP contribution is 2.24. The van der Waals surface area contributed by atoms with Crippen molar-refractivity contribution in [2.24, 2.45) is 5.92 Å². The van der Waals surface area contributed by atoms with Gasteiger partial charge in [-0.3, -0.25) is 4.79 Å². The summed E-state index contributed by atoms with van der Waals surface area (Å²) in [7, 11) is 0. The van der Waals surface area contributed by atoms with Gasteiger partial charge in [0.2, 0.25) is 0 Å². The summed E-state index contributed by atoms with van der Waals surface area (Å²) in [4.78, 5) is 16.5. The number of nitrogen functional groups attached to an aromatic ring is 1. The maximum atomic E-state index is 12.3. The summed E-state index contributed by atoms with van der Waals surface area (Å²) in [6, 6.07) is 19.4. The predicted molar refractivity (Wildman–Crippen MR) is 121 cm³/mol. The molecule has 156 valence electrons. The fraction of sp³-hybridized carbons (Fsp3) is 0.280. The minimum absolute atomic E-state index is 0.238. The van der Waals surface area contributed by atoms with Crippen LogP contribution < -0.4 is 15.8 Å². The van der Waals surface area contributed by atoms with Gasteiger partial charge < -0.3 is 15.8 Å². The number of aromatic nitrogens is 1. The highest BCUT2D eigenvalue weighted by Gasteiger charge is 2.10. The second kappa shape index (κ2) is 9.92. The first kappa shape index (κ1) is 21.4. The van der Waals surface area contributed by atoms with E-state index in [0.717, 1.165) is 35.6 Å². The zero-order valence-electron chi connectivity index (χ0n) is 17.8. The van der Waals surface area contributed by atoms with E-state index in [-0.39, 0.29) is 11.7 Å². The summed E-state index contributed by atoms with van der Waals surface area (Å²) in [5.41, 5.74) is 9.27. The van der Waals surface area contributed by atoms with Gasteiger partial charge in [0.1, 0.15) is 17.3 Å². The number of rotatable bonds is 8. The number of pyridine rings is 1. The number of carbonyl (C=O) groups excluding carboxylic acids is 1. The molecule has 3 rings (SSSR count). The Morgan fingerprint density at radius 3 is 2.53 bits per heavy atom. The molecule has 30 heavy (non-hydrogen) atoms. The van der Waals surface area contributed by atoms with Gasteiger partial charge in [-0.1, -0.05) is 44.5 Å². The third-order valence-corrected chi connectivity index (χ3v) is 5.10. The summed E-state index contributed by atoms with van der Waals surface area (Å²) < 4.78 is 6.00. The van der Waals surface area contributed by atoms with Gasteiger partial charge in [0.15, 0.2) is 0 Å². The fourth-order valence-corrected chi connectivity index (χ4v) is 3.14. The Kier molecular flexibility index (Phi) is 7.07. The van der Waals surface area contributed by atoms with Crippen LogP contribution in [0.15, 0.2) is 60.7 Å². The lowest BCUT2D eigenvalue weighted by Gasteiger charge is -2.11. The van der Waals surface area contributed by atoms with Gasteiger partial charge in [-0.25, -0.2) is 4.98 Å². The van der Waals surface area contributed by atoms with Crippen LogP contribution in [0, 0.1) is 12.8 Å². The van der Waals surface area contributed by atoms with E-state index < -0.39 is 0 Å². The number of ether oxygens (including phenoxy) is 1. The third kappa shape index (κ3) is 5.83. The molecule has 1 atom stereocenters. The van der Waals surface area contributed by atoms with Gasteiger partial charge in [0.25, 0.3) is 5.91 Å². The van der Waals surface area contributed by atoms with Crippen molar-refractivity contribution in [2.45, 2.75) is 40.2 Å². The predicted octanol–water partition coefficient (Wildman–Crippen LogP) is 5.28. The topological polar surface area (TPSA) is 77.2 Å². The first-order chi connectivity index (χ1) is 14.4. The van der Waals surface area contributed by atoms with E-state index in [2.05, 4.69) is 36.3 Å². The van der Waals surface area contributed by atoms with Crippen LogP contribution in [-0.2, 0) is 13.0 Å². The Morgan fingerprint density at radius 2 is 1.83 bits per heavy atom. The monoisotopic (exact) mass is 403 g/mol. The first-order valence-electron chi connectivity index (χ1n) is 10.3. The maximum absolute atomic E-state index is 12.3. The van der Waals surface area contributed by atoms with Gasteiger partial charge in [0.05, 0.1) is 5.56 Å². The second-order valence-corrected chi connectivity index (χ2v) is 7.68. The van der Waals surface area contributed by atoms with Crippen LogP contribution in [0.4, 0.5) is 5.82 Å². The molecule has 0 radical (unpaired) electrons. The smallest absolute Gasteiger partial charge is 0.255 e. The van der Waals surface area contributed by atoms with Crippen molar-refractivity contribution in [3.63, 3.8) is 0 Å². The van der Waals surface area contributed by atoms with E-state index in [1.54, 1.807) is 12.1 Å². The van der Waals surface area contributed by atoms with Gasteiger partial charge >= 0.3 is 0 Å². The molecular formula is C25H29N3O2. The molecule has 5 nitrogen and oxygen atoms in total. The SMILES string of the molecule is CCC(C)Cc1cccc(Oc2ccc(CNC(=O)c3ccc(C)nc3N)cc2)c1. The van der Waals surface area contributed by atoms with E-state index in [1.165, 1.54) is 5.56 Å². The van der Waals surface area contributed by atoms with Gasteiger partial charge in [-0.2, -0.15) is 0 Å². The average molecular weight is 404 g/mol. The molecule has 0 saturated carbocycles. The molecule has 1 amide bonds. The van der Waals surface area contributed by atoms with E-state index in [9.17, 15) is 4.79 Å². The minimum Gasteiger partial charge on any atom is -0.457 e. The Morgan fingerprint density at radius 1 is 1.07 bits per heavy atom. The molecule has 3 N–H and O–H groups in total. The lowest BCUT2D eigenvalue weighted by atomic mass is 9.99. The number of benzene rings is 2. The van der Waals surface area contributed by atoms with Crippen molar-refractivity contribution in [3.05, 3.63) is 83.0 Å². The van der Waals surface area contributed by atoms with Crippen LogP contribution in [0.3, 0.4) is 0 Å². The van der Waals surface area contributed by atoms with Crippen LogP contribution >= 0.6 is 0 Å². The number of nitrogens with two attached hydrogens (primary N) is 1. The Balaban J connectivity index is 1.57. The van der Waals surface area contributed by atoms with Crippen LogP contribution in [0.25, 0.3) is 0 Å². The summed E-state index contributed by atoms with van der Waals surface area (Å²) >= 11 is 0. The average Bonchev–Trinajstić information content (AvgIpc) is 2.73. The van der Waals surface area contributed by atoms with Crippen molar-refractivity contribution >= 4 is 11.7 Å². The third-order valence-electron chi connectivity index (χ3n) is 5.10. The van der Waals surface area contributed by atoms with E-state index in [4.69, 9.17) is 10.5 Å². The molecule has 0 aliphatic rings. The first-order valence-corrected chi connectivity index (χ1v) is 10.3. The molecule has 0 aliphatic heterocycles. The summed E-state index contributed by atoms with van der Waals surface area (Å²) in [5, 5.41) is 2.88. The molecule has 1 heterocycles. The number of hydrogen-bond donors (Lipinski definition) is 2. The zero-order valence-corrected chi connectivity index (χ0v) is 17.8. The molecular weight excluding hydrogens is 374 g/mol. The minimum atomic E-state index is -0.238. The van der Waals surface area contributed by atoms with Gasteiger partial charge in [0, 0.05) is 12.2 Å². The van der Waals surface area contributed by atoms with E-state index >= 15 is 0 Å². The number of amides is 1. The molecule has 1 aromatic heterocycles. The van der Waals surface area contributed by atoms with Crippen molar-refractivity contribution in [1.29, 1.82) is 0 Å². The van der Waals surface area contributed by atoms with Crippen LogP contribution in [-0.4, -0.2) is 10.9 Å². The fourth-order valence-electron chi connectivity index (χ4n) is 3.14. The van der Waals surface area contributed by atoms with Crippen LogP contribution in [0.2, 0.25) is 0 Å². The molecule has 5 heteroatoms. The van der Waals surface area contributed by atoms with Crippen molar-refractivity contribution < 1.29 is 9.53 Å². The molecule has 2 aromatic carbocycles.